The highest BCUT2D eigenvalue weighted by molar-refractivity contribution is 5.94. The lowest BCUT2D eigenvalue weighted by Crippen LogP contribution is -2.37. The van der Waals surface area contributed by atoms with Crippen LogP contribution in [-0.2, 0) is 9.59 Å². The Labute approximate surface area is 132 Å². The Bertz CT molecular complexity index is 509. The average molecular weight is 306 g/mol. The van der Waals surface area contributed by atoms with E-state index in [9.17, 15) is 9.59 Å². The smallest absolute Gasteiger partial charge is 0.308 e. The van der Waals surface area contributed by atoms with Crippen LogP contribution in [0.25, 0.3) is 0 Å². The number of carbonyl (C=O) groups excluding carboxylic acids is 1. The first-order chi connectivity index (χ1) is 10.2. The molecule has 1 unspecified atom stereocenters. The summed E-state index contributed by atoms with van der Waals surface area (Å²) in [5.41, 5.74) is 1.77. The molecule has 0 heterocycles. The molecule has 0 bridgehead atoms. The summed E-state index contributed by atoms with van der Waals surface area (Å²) in [7, 11) is 3.90. The van der Waals surface area contributed by atoms with Crippen molar-refractivity contribution in [2.24, 2.45) is 11.8 Å². The second-order valence-electron chi connectivity index (χ2n) is 6.25. The van der Waals surface area contributed by atoms with Gasteiger partial charge in [-0.15, -0.1) is 0 Å². The normalized spacial score (nSPS) is 12.1. The number of amides is 1. The van der Waals surface area contributed by atoms with Gasteiger partial charge in [0.1, 0.15) is 0 Å². The van der Waals surface area contributed by atoms with Crippen LogP contribution < -0.4 is 9.80 Å². The van der Waals surface area contributed by atoms with Gasteiger partial charge < -0.3 is 14.9 Å². The van der Waals surface area contributed by atoms with Crippen LogP contribution >= 0.6 is 0 Å². The summed E-state index contributed by atoms with van der Waals surface area (Å²) in [6, 6.07) is 7.58. The largest absolute Gasteiger partial charge is 0.481 e. The molecule has 0 aliphatic carbocycles. The highest BCUT2D eigenvalue weighted by Gasteiger charge is 2.22. The van der Waals surface area contributed by atoms with Crippen molar-refractivity contribution in [2.45, 2.75) is 27.2 Å². The fourth-order valence-corrected chi connectivity index (χ4v) is 2.09. The predicted octanol–water partition coefficient (Wildman–Crippen LogP) is 2.85. The molecule has 1 atom stereocenters. The molecule has 0 spiro atoms. The Kier molecular flexibility index (Phi) is 6.40. The average Bonchev–Trinajstić information content (AvgIpc) is 2.43. The molecular formula is C17H26N2O3. The van der Waals surface area contributed by atoms with Crippen molar-refractivity contribution in [1.82, 2.24) is 0 Å². The number of carbonyl (C=O) groups is 2. The van der Waals surface area contributed by atoms with Gasteiger partial charge in [0, 0.05) is 38.4 Å². The maximum atomic E-state index is 12.5. The van der Waals surface area contributed by atoms with Crippen LogP contribution in [0.1, 0.15) is 27.2 Å². The number of anilines is 2. The quantitative estimate of drug-likeness (QED) is 0.841. The zero-order valence-electron chi connectivity index (χ0n) is 14.0. The molecule has 0 aliphatic heterocycles. The topological polar surface area (TPSA) is 60.9 Å². The standard InChI is InChI=1S/C17H26N2O3/c1-12(2)10-16(20)19(11-13(3)17(21)22)15-8-6-14(7-9-15)18(4)5/h6-9,12-13H,10-11H2,1-5H3,(H,21,22). The molecule has 1 aromatic carbocycles. The highest BCUT2D eigenvalue weighted by Crippen LogP contribution is 2.22. The van der Waals surface area contributed by atoms with Crippen LogP contribution in [0, 0.1) is 11.8 Å². The van der Waals surface area contributed by atoms with Crippen molar-refractivity contribution < 1.29 is 14.7 Å². The molecule has 0 aliphatic rings. The summed E-state index contributed by atoms with van der Waals surface area (Å²) in [5, 5.41) is 9.11. The minimum atomic E-state index is -0.896. The number of aliphatic carboxylic acids is 1. The number of benzene rings is 1. The lowest BCUT2D eigenvalue weighted by Gasteiger charge is -2.26. The van der Waals surface area contributed by atoms with Crippen molar-refractivity contribution in [2.75, 3.05) is 30.4 Å². The first-order valence-electron chi connectivity index (χ1n) is 7.53. The van der Waals surface area contributed by atoms with Crippen molar-refractivity contribution in [3.8, 4) is 0 Å². The van der Waals surface area contributed by atoms with E-state index >= 15 is 0 Å². The number of hydrogen-bond donors (Lipinski definition) is 1. The van der Waals surface area contributed by atoms with Crippen molar-refractivity contribution in [1.29, 1.82) is 0 Å². The second kappa shape index (κ2) is 7.82. The van der Waals surface area contributed by atoms with Crippen LogP contribution in [0.4, 0.5) is 11.4 Å². The van der Waals surface area contributed by atoms with Crippen molar-refractivity contribution in [3.63, 3.8) is 0 Å². The van der Waals surface area contributed by atoms with Gasteiger partial charge in [-0.3, -0.25) is 9.59 Å². The van der Waals surface area contributed by atoms with Crippen molar-refractivity contribution >= 4 is 23.3 Å². The molecule has 0 saturated heterocycles. The molecule has 0 fully saturated rings. The number of rotatable bonds is 7. The van der Waals surface area contributed by atoms with Gasteiger partial charge in [0.05, 0.1) is 5.92 Å². The van der Waals surface area contributed by atoms with E-state index in [0.29, 0.717) is 6.42 Å². The fourth-order valence-electron chi connectivity index (χ4n) is 2.09. The first-order valence-corrected chi connectivity index (χ1v) is 7.53. The van der Waals surface area contributed by atoms with Gasteiger partial charge in [-0.25, -0.2) is 0 Å². The summed E-state index contributed by atoms with van der Waals surface area (Å²) in [6.07, 6.45) is 0.405. The molecule has 1 N–H and O–H groups in total. The summed E-state index contributed by atoms with van der Waals surface area (Å²) in [6.45, 7) is 5.76. The van der Waals surface area contributed by atoms with Gasteiger partial charge >= 0.3 is 5.97 Å². The minimum Gasteiger partial charge on any atom is -0.481 e. The Hall–Kier alpha value is -2.04. The zero-order valence-corrected chi connectivity index (χ0v) is 14.0. The Morgan fingerprint density at radius 3 is 1.95 bits per heavy atom. The first kappa shape index (κ1) is 18.0. The third kappa shape index (κ3) is 5.06. The third-order valence-corrected chi connectivity index (χ3v) is 3.44. The lowest BCUT2D eigenvalue weighted by molar-refractivity contribution is -0.140. The van der Waals surface area contributed by atoms with E-state index < -0.39 is 11.9 Å². The van der Waals surface area contributed by atoms with Gasteiger partial charge in [0.2, 0.25) is 5.91 Å². The van der Waals surface area contributed by atoms with Crippen LogP contribution in [0.5, 0.6) is 0 Å². The number of carboxylic acids is 1. The van der Waals surface area contributed by atoms with E-state index in [-0.39, 0.29) is 18.4 Å². The van der Waals surface area contributed by atoms with Crippen molar-refractivity contribution in [3.05, 3.63) is 24.3 Å². The minimum absolute atomic E-state index is 0.0410. The van der Waals surface area contributed by atoms with Crippen LogP contribution in [0.15, 0.2) is 24.3 Å². The van der Waals surface area contributed by atoms with E-state index in [1.54, 1.807) is 11.8 Å². The fraction of sp³-hybridized carbons (Fsp3) is 0.529. The Balaban J connectivity index is 3.02. The van der Waals surface area contributed by atoms with Crippen LogP contribution in [0.2, 0.25) is 0 Å². The van der Waals surface area contributed by atoms with E-state index in [4.69, 9.17) is 5.11 Å². The van der Waals surface area contributed by atoms with Gasteiger partial charge in [-0.2, -0.15) is 0 Å². The van der Waals surface area contributed by atoms with Crippen LogP contribution in [-0.4, -0.2) is 37.6 Å². The molecule has 5 nitrogen and oxygen atoms in total. The molecule has 1 aromatic rings. The molecule has 0 saturated carbocycles. The molecule has 0 radical (unpaired) electrons. The zero-order chi connectivity index (χ0) is 16.9. The Morgan fingerprint density at radius 1 is 1.05 bits per heavy atom. The number of nitrogens with zero attached hydrogens (tertiary/aromatic N) is 2. The SMILES string of the molecule is CC(C)CC(=O)N(CC(C)C(=O)O)c1ccc(N(C)C)cc1. The predicted molar refractivity (Wildman–Crippen MR) is 89.4 cm³/mol. The van der Waals surface area contributed by atoms with E-state index in [2.05, 4.69) is 0 Å². The summed E-state index contributed by atoms with van der Waals surface area (Å²) >= 11 is 0. The second-order valence-corrected chi connectivity index (χ2v) is 6.25. The molecular weight excluding hydrogens is 280 g/mol. The lowest BCUT2D eigenvalue weighted by atomic mass is 10.1. The third-order valence-electron chi connectivity index (χ3n) is 3.44. The monoisotopic (exact) mass is 306 g/mol. The van der Waals surface area contributed by atoms with Crippen LogP contribution in [0.3, 0.4) is 0 Å². The summed E-state index contributed by atoms with van der Waals surface area (Å²) in [4.78, 5) is 27.1. The van der Waals surface area contributed by atoms with E-state index in [0.717, 1.165) is 11.4 Å². The Morgan fingerprint density at radius 2 is 1.55 bits per heavy atom. The van der Waals surface area contributed by atoms with Gasteiger partial charge in [0.15, 0.2) is 0 Å². The van der Waals surface area contributed by atoms with Gasteiger partial charge in [-0.05, 0) is 30.2 Å². The molecule has 1 rings (SSSR count). The molecule has 0 aromatic heterocycles. The number of hydrogen-bond acceptors (Lipinski definition) is 3. The highest BCUT2D eigenvalue weighted by atomic mass is 16.4. The molecule has 22 heavy (non-hydrogen) atoms. The molecule has 122 valence electrons. The number of carboxylic acid groups (broad SMARTS) is 1. The van der Waals surface area contributed by atoms with E-state index in [1.165, 1.54) is 0 Å². The summed E-state index contributed by atoms with van der Waals surface area (Å²) in [5.74, 6) is -1.31. The maximum Gasteiger partial charge on any atom is 0.308 e. The van der Waals surface area contributed by atoms with E-state index in [1.807, 2.05) is 57.1 Å². The molecule has 5 heteroatoms. The summed E-state index contributed by atoms with van der Waals surface area (Å²) < 4.78 is 0. The maximum absolute atomic E-state index is 12.5. The van der Waals surface area contributed by atoms with Gasteiger partial charge in [-0.1, -0.05) is 20.8 Å². The molecule has 1 amide bonds. The van der Waals surface area contributed by atoms with Gasteiger partial charge in [0.25, 0.3) is 0 Å².